The lowest BCUT2D eigenvalue weighted by Gasteiger charge is -2.14. The minimum Gasteiger partial charge on any atom is -0.433 e. The van der Waals surface area contributed by atoms with Crippen molar-refractivity contribution in [1.29, 1.82) is 0 Å². The first-order valence-electron chi connectivity index (χ1n) is 9.13. The molecule has 0 spiro atoms. The van der Waals surface area contributed by atoms with Crippen LogP contribution >= 0.6 is 12.2 Å². The Morgan fingerprint density at radius 2 is 1.76 bits per heavy atom. The first-order valence-corrected chi connectivity index (χ1v) is 9.54. The Hall–Kier alpha value is -3.06. The van der Waals surface area contributed by atoms with Crippen molar-refractivity contribution in [2.45, 2.75) is 20.0 Å². The second kappa shape index (κ2) is 9.93. The Kier molecular flexibility index (Phi) is 7.08. The van der Waals surface area contributed by atoms with Gasteiger partial charge < -0.3 is 10.1 Å². The van der Waals surface area contributed by atoms with Crippen molar-refractivity contribution in [3.63, 3.8) is 0 Å². The average molecular weight is 413 g/mol. The molecule has 0 saturated heterocycles. The molecule has 0 aliphatic rings. The average Bonchev–Trinajstić information content (AvgIpc) is 2.72. The quantitative estimate of drug-likeness (QED) is 0.330. The molecule has 0 fully saturated rings. The molecule has 0 unspecified atom stereocenters. The van der Waals surface area contributed by atoms with Crippen molar-refractivity contribution in [3.8, 4) is 5.75 Å². The fourth-order valence-electron chi connectivity index (χ4n) is 2.94. The molecule has 0 amide bonds. The zero-order valence-corrected chi connectivity index (χ0v) is 16.7. The van der Waals surface area contributed by atoms with E-state index in [1.807, 2.05) is 48.5 Å². The third-order valence-corrected chi connectivity index (χ3v) is 4.58. The molecule has 0 radical (unpaired) electrons. The van der Waals surface area contributed by atoms with Gasteiger partial charge in [0.2, 0.25) is 0 Å². The summed E-state index contributed by atoms with van der Waals surface area (Å²) in [5.74, 6) is 0.101. The van der Waals surface area contributed by atoms with Crippen molar-refractivity contribution in [1.82, 2.24) is 10.7 Å². The van der Waals surface area contributed by atoms with Crippen LogP contribution < -0.4 is 15.5 Å². The number of halogens is 2. The van der Waals surface area contributed by atoms with Gasteiger partial charge in [0.1, 0.15) is 5.75 Å². The number of rotatable bonds is 7. The zero-order valence-electron chi connectivity index (χ0n) is 15.9. The molecule has 2 N–H and O–H groups in total. The van der Waals surface area contributed by atoms with E-state index < -0.39 is 6.61 Å². The number of nitrogens with one attached hydrogen (secondary N) is 2. The molecule has 0 heterocycles. The van der Waals surface area contributed by atoms with E-state index in [-0.39, 0.29) is 5.75 Å². The summed E-state index contributed by atoms with van der Waals surface area (Å²) in [4.78, 5) is 0. The lowest BCUT2D eigenvalue weighted by atomic mass is 10.0. The molecule has 0 aliphatic carbocycles. The van der Waals surface area contributed by atoms with E-state index in [4.69, 9.17) is 17.0 Å². The van der Waals surface area contributed by atoms with E-state index in [0.717, 1.165) is 11.8 Å². The molecule has 3 aromatic carbocycles. The molecule has 29 heavy (non-hydrogen) atoms. The molecule has 0 bridgehead atoms. The van der Waals surface area contributed by atoms with Gasteiger partial charge >= 0.3 is 6.61 Å². The summed E-state index contributed by atoms with van der Waals surface area (Å²) >= 11 is 5.24. The molecule has 150 valence electrons. The lowest BCUT2D eigenvalue weighted by Crippen LogP contribution is -2.34. The second-order valence-corrected chi connectivity index (χ2v) is 6.75. The van der Waals surface area contributed by atoms with Crippen LogP contribution in [0.3, 0.4) is 0 Å². The van der Waals surface area contributed by atoms with Crippen molar-refractivity contribution in [2.24, 2.45) is 5.10 Å². The van der Waals surface area contributed by atoms with Crippen LogP contribution in [0, 0.1) is 0 Å². The van der Waals surface area contributed by atoms with Crippen LogP contribution in [-0.4, -0.2) is 24.0 Å². The van der Waals surface area contributed by atoms with Crippen molar-refractivity contribution in [2.75, 3.05) is 6.54 Å². The second-order valence-electron chi connectivity index (χ2n) is 6.34. The van der Waals surface area contributed by atoms with Crippen LogP contribution in [0.1, 0.15) is 18.1 Å². The van der Waals surface area contributed by atoms with E-state index in [1.54, 1.807) is 25.1 Å². The van der Waals surface area contributed by atoms with Crippen LogP contribution in [0.5, 0.6) is 5.75 Å². The number of nitrogens with zero attached hydrogens (tertiary/aromatic N) is 1. The van der Waals surface area contributed by atoms with E-state index in [0.29, 0.717) is 28.3 Å². The molecule has 4 nitrogen and oxygen atoms in total. The number of ether oxygens (including phenoxy) is 1. The van der Waals surface area contributed by atoms with Crippen molar-refractivity contribution >= 4 is 33.8 Å². The third-order valence-electron chi connectivity index (χ3n) is 4.34. The number of hydrazone groups is 1. The van der Waals surface area contributed by atoms with Gasteiger partial charge in [0, 0.05) is 17.5 Å². The number of alkyl halides is 2. The van der Waals surface area contributed by atoms with Gasteiger partial charge in [-0.3, -0.25) is 5.43 Å². The highest BCUT2D eigenvalue weighted by Gasteiger charge is 2.15. The molecular weight excluding hydrogens is 392 g/mol. The maximum Gasteiger partial charge on any atom is 0.387 e. The van der Waals surface area contributed by atoms with Crippen LogP contribution in [0.2, 0.25) is 0 Å². The lowest BCUT2D eigenvalue weighted by molar-refractivity contribution is -0.0489. The van der Waals surface area contributed by atoms with Crippen LogP contribution in [0.15, 0.2) is 71.8 Å². The topological polar surface area (TPSA) is 45.7 Å². The Labute approximate surface area is 173 Å². The summed E-state index contributed by atoms with van der Waals surface area (Å²) in [5.41, 5.74) is 4.92. The summed E-state index contributed by atoms with van der Waals surface area (Å²) in [6.45, 7) is -0.566. The van der Waals surface area contributed by atoms with Gasteiger partial charge in [0.25, 0.3) is 0 Å². The van der Waals surface area contributed by atoms with Crippen molar-refractivity contribution in [3.05, 3.63) is 77.9 Å². The largest absolute Gasteiger partial charge is 0.433 e. The first-order chi connectivity index (χ1) is 14.0. The predicted molar refractivity (Wildman–Crippen MR) is 117 cm³/mol. The summed E-state index contributed by atoms with van der Waals surface area (Å²) in [6.07, 6.45) is 0.822. The smallest absolute Gasteiger partial charge is 0.387 e. The van der Waals surface area contributed by atoms with Crippen LogP contribution in [-0.2, 0) is 6.42 Å². The van der Waals surface area contributed by atoms with Crippen LogP contribution in [0.25, 0.3) is 10.8 Å². The van der Waals surface area contributed by atoms with E-state index in [1.165, 1.54) is 5.56 Å². The highest BCUT2D eigenvalue weighted by atomic mass is 32.1. The highest BCUT2D eigenvalue weighted by molar-refractivity contribution is 7.80. The SMILES string of the molecule is CC(=NNC(=S)NCCc1ccccc1)c1ccc2ccccc2c1OC(F)F. The minimum absolute atomic E-state index is 0.101. The minimum atomic E-state index is -2.93. The van der Waals surface area contributed by atoms with Gasteiger partial charge in [-0.05, 0) is 42.6 Å². The Balaban J connectivity index is 1.68. The summed E-state index contributed by atoms with van der Waals surface area (Å²) in [5, 5.41) is 9.08. The van der Waals surface area contributed by atoms with Crippen LogP contribution in [0.4, 0.5) is 8.78 Å². The third kappa shape index (κ3) is 5.71. The highest BCUT2D eigenvalue weighted by Crippen LogP contribution is 2.31. The molecule has 3 rings (SSSR count). The van der Waals surface area contributed by atoms with Gasteiger partial charge in [-0.2, -0.15) is 13.9 Å². The fourth-order valence-corrected chi connectivity index (χ4v) is 3.09. The van der Waals surface area contributed by atoms with E-state index in [9.17, 15) is 8.78 Å². The summed E-state index contributed by atoms with van der Waals surface area (Å²) < 4.78 is 30.8. The maximum absolute atomic E-state index is 13.0. The van der Waals surface area contributed by atoms with Gasteiger partial charge in [-0.1, -0.05) is 60.7 Å². The number of hydrogen-bond donors (Lipinski definition) is 2. The Morgan fingerprint density at radius 1 is 1.03 bits per heavy atom. The van der Waals surface area contributed by atoms with Gasteiger partial charge in [0.05, 0.1) is 5.71 Å². The molecule has 0 atom stereocenters. The number of thiocarbonyl (C=S) groups is 1. The number of benzene rings is 3. The normalized spacial score (nSPS) is 11.5. The van der Waals surface area contributed by atoms with Gasteiger partial charge in [-0.25, -0.2) is 0 Å². The number of fused-ring (bicyclic) bond motifs is 1. The Bertz CT molecular complexity index is 1010. The molecule has 7 heteroatoms. The first kappa shape index (κ1) is 20.7. The molecule has 3 aromatic rings. The Morgan fingerprint density at radius 3 is 2.52 bits per heavy atom. The fraction of sp³-hybridized carbons (Fsp3) is 0.182. The molecule has 0 aliphatic heterocycles. The number of hydrogen-bond acceptors (Lipinski definition) is 3. The van der Waals surface area contributed by atoms with Gasteiger partial charge in [-0.15, -0.1) is 0 Å². The molecule has 0 aromatic heterocycles. The monoisotopic (exact) mass is 413 g/mol. The molecule has 0 saturated carbocycles. The van der Waals surface area contributed by atoms with Crippen molar-refractivity contribution < 1.29 is 13.5 Å². The van der Waals surface area contributed by atoms with E-state index in [2.05, 4.69) is 15.8 Å². The maximum atomic E-state index is 13.0. The summed E-state index contributed by atoms with van der Waals surface area (Å²) in [6, 6.07) is 20.8. The predicted octanol–water partition coefficient (Wildman–Crippen LogP) is 4.87. The summed E-state index contributed by atoms with van der Waals surface area (Å²) in [7, 11) is 0. The van der Waals surface area contributed by atoms with Gasteiger partial charge in [0.15, 0.2) is 5.11 Å². The standard InChI is InChI=1S/C22H21F2N3OS/c1-15(26-27-22(29)25-14-13-16-7-3-2-4-8-16)18-12-11-17-9-5-6-10-19(17)20(18)28-21(23)24/h2-12,21H,13-14H2,1H3,(H2,25,27,29). The molecular formula is C22H21F2N3OS. The van der Waals surface area contributed by atoms with E-state index >= 15 is 0 Å². The zero-order chi connectivity index (χ0) is 20.6.